The van der Waals surface area contributed by atoms with Gasteiger partial charge in [-0.3, -0.25) is 4.79 Å². The fraction of sp³-hybridized carbons (Fsp3) is 0.455. The summed E-state index contributed by atoms with van der Waals surface area (Å²) < 4.78 is 5.07. The molecule has 2 N–H and O–H groups in total. The van der Waals surface area contributed by atoms with E-state index in [2.05, 4.69) is 0 Å². The summed E-state index contributed by atoms with van der Waals surface area (Å²) in [6.45, 7) is 0.0660. The van der Waals surface area contributed by atoms with Gasteiger partial charge in [0, 0.05) is 13.0 Å². The number of carbonyl (C=O) groups excluding carboxylic acids is 1. The average Bonchev–Trinajstić information content (AvgIpc) is 2.84. The molecule has 1 aromatic rings. The SMILES string of the molecule is O=C(O)C(Cc1ccco1)N1CC(O)CC1=O. The van der Waals surface area contributed by atoms with E-state index in [0.717, 1.165) is 0 Å². The molecule has 1 aliphatic heterocycles. The lowest BCUT2D eigenvalue weighted by Crippen LogP contribution is -2.43. The van der Waals surface area contributed by atoms with Crippen molar-refractivity contribution in [3.05, 3.63) is 24.2 Å². The number of β-amino-alcohol motifs (C(OH)–C–C–N with tert-alkyl or cyclic N) is 1. The highest BCUT2D eigenvalue weighted by Gasteiger charge is 2.37. The zero-order valence-electron chi connectivity index (χ0n) is 9.07. The van der Waals surface area contributed by atoms with Crippen molar-refractivity contribution >= 4 is 11.9 Å². The summed E-state index contributed by atoms with van der Waals surface area (Å²) >= 11 is 0. The third-order valence-corrected chi connectivity index (χ3v) is 2.77. The standard InChI is InChI=1S/C11H13NO5/c13-7-4-10(14)12(6-7)9(11(15)16)5-8-2-1-3-17-8/h1-3,7,9,13H,4-6H2,(H,15,16). The van der Waals surface area contributed by atoms with Crippen LogP contribution in [0.25, 0.3) is 0 Å². The van der Waals surface area contributed by atoms with Crippen molar-refractivity contribution in [2.75, 3.05) is 6.54 Å². The van der Waals surface area contributed by atoms with Crippen LogP contribution in [0.4, 0.5) is 0 Å². The zero-order valence-corrected chi connectivity index (χ0v) is 9.07. The maximum atomic E-state index is 11.5. The Morgan fingerprint density at radius 1 is 1.65 bits per heavy atom. The molecule has 0 spiro atoms. The molecule has 2 heterocycles. The van der Waals surface area contributed by atoms with Gasteiger partial charge in [0.1, 0.15) is 11.8 Å². The minimum atomic E-state index is -1.09. The van der Waals surface area contributed by atoms with E-state index in [1.807, 2.05) is 0 Å². The monoisotopic (exact) mass is 239 g/mol. The number of nitrogens with zero attached hydrogens (tertiary/aromatic N) is 1. The smallest absolute Gasteiger partial charge is 0.326 e. The second kappa shape index (κ2) is 4.58. The summed E-state index contributed by atoms with van der Waals surface area (Å²) in [7, 11) is 0. The molecular weight excluding hydrogens is 226 g/mol. The molecule has 92 valence electrons. The van der Waals surface area contributed by atoms with Gasteiger partial charge in [-0.25, -0.2) is 4.79 Å². The van der Waals surface area contributed by atoms with E-state index in [1.165, 1.54) is 11.2 Å². The van der Waals surface area contributed by atoms with Crippen LogP contribution < -0.4 is 0 Å². The van der Waals surface area contributed by atoms with E-state index in [4.69, 9.17) is 9.52 Å². The maximum absolute atomic E-state index is 11.5. The van der Waals surface area contributed by atoms with Gasteiger partial charge in [0.05, 0.1) is 18.8 Å². The van der Waals surface area contributed by atoms with Crippen LogP contribution in [0.5, 0.6) is 0 Å². The minimum Gasteiger partial charge on any atom is -0.480 e. The first-order chi connectivity index (χ1) is 8.08. The van der Waals surface area contributed by atoms with E-state index in [9.17, 15) is 14.7 Å². The first kappa shape index (κ1) is 11.7. The van der Waals surface area contributed by atoms with Gasteiger partial charge in [0.25, 0.3) is 0 Å². The first-order valence-electron chi connectivity index (χ1n) is 5.30. The number of carboxylic acid groups (broad SMARTS) is 1. The van der Waals surface area contributed by atoms with E-state index in [-0.39, 0.29) is 25.3 Å². The minimum absolute atomic E-state index is 0.0120. The Morgan fingerprint density at radius 3 is 2.88 bits per heavy atom. The second-order valence-electron chi connectivity index (χ2n) is 4.04. The molecule has 0 aromatic carbocycles. The Kier molecular flexibility index (Phi) is 3.14. The van der Waals surface area contributed by atoms with Crippen molar-refractivity contribution in [2.24, 2.45) is 0 Å². The lowest BCUT2D eigenvalue weighted by atomic mass is 10.1. The topological polar surface area (TPSA) is 91.0 Å². The predicted octanol–water partition coefficient (Wildman–Crippen LogP) is -0.131. The van der Waals surface area contributed by atoms with E-state index in [1.54, 1.807) is 12.1 Å². The van der Waals surface area contributed by atoms with Gasteiger partial charge in [-0.2, -0.15) is 0 Å². The molecule has 0 bridgehead atoms. The largest absolute Gasteiger partial charge is 0.480 e. The lowest BCUT2D eigenvalue weighted by Gasteiger charge is -2.23. The fourth-order valence-electron chi connectivity index (χ4n) is 1.96. The van der Waals surface area contributed by atoms with Crippen molar-refractivity contribution in [3.63, 3.8) is 0 Å². The van der Waals surface area contributed by atoms with Crippen LogP contribution in [-0.4, -0.2) is 45.7 Å². The molecular formula is C11H13NO5. The van der Waals surface area contributed by atoms with Crippen LogP contribution >= 0.6 is 0 Å². The molecule has 17 heavy (non-hydrogen) atoms. The Balaban J connectivity index is 2.12. The third-order valence-electron chi connectivity index (χ3n) is 2.77. The van der Waals surface area contributed by atoms with Gasteiger partial charge in [0.15, 0.2) is 0 Å². The van der Waals surface area contributed by atoms with E-state index < -0.39 is 18.1 Å². The highest BCUT2D eigenvalue weighted by Crippen LogP contribution is 2.18. The molecule has 1 aromatic heterocycles. The number of aliphatic carboxylic acids is 1. The quantitative estimate of drug-likeness (QED) is 0.763. The molecule has 1 aliphatic rings. The third kappa shape index (κ3) is 2.47. The molecule has 2 atom stereocenters. The molecule has 2 unspecified atom stereocenters. The Morgan fingerprint density at radius 2 is 2.41 bits per heavy atom. The number of aliphatic hydroxyl groups excluding tert-OH is 1. The number of carboxylic acids is 1. The lowest BCUT2D eigenvalue weighted by molar-refractivity contribution is -0.148. The van der Waals surface area contributed by atoms with E-state index in [0.29, 0.717) is 5.76 Å². The van der Waals surface area contributed by atoms with Gasteiger partial charge in [-0.05, 0) is 12.1 Å². The normalized spacial score (nSPS) is 21.8. The number of aliphatic hydroxyl groups is 1. The summed E-state index contributed by atoms with van der Waals surface area (Å²) in [5.74, 6) is -0.924. The van der Waals surface area contributed by atoms with Crippen molar-refractivity contribution in [1.82, 2.24) is 4.90 Å². The molecule has 0 aliphatic carbocycles. The molecule has 1 fully saturated rings. The van der Waals surface area contributed by atoms with Gasteiger partial charge >= 0.3 is 5.97 Å². The van der Waals surface area contributed by atoms with Gasteiger partial charge < -0.3 is 19.5 Å². The number of hydrogen-bond acceptors (Lipinski definition) is 4. The predicted molar refractivity (Wildman–Crippen MR) is 56.2 cm³/mol. The summed E-state index contributed by atoms with van der Waals surface area (Å²) in [4.78, 5) is 23.9. The van der Waals surface area contributed by atoms with Crippen molar-refractivity contribution in [1.29, 1.82) is 0 Å². The van der Waals surface area contributed by atoms with Gasteiger partial charge in [0.2, 0.25) is 5.91 Å². The number of hydrogen-bond donors (Lipinski definition) is 2. The van der Waals surface area contributed by atoms with Crippen LogP contribution in [0.1, 0.15) is 12.2 Å². The van der Waals surface area contributed by atoms with Crippen LogP contribution in [-0.2, 0) is 16.0 Å². The summed E-state index contributed by atoms with van der Waals surface area (Å²) in [6.07, 6.45) is 0.776. The molecule has 0 saturated carbocycles. The average molecular weight is 239 g/mol. The number of carbonyl (C=O) groups is 2. The van der Waals surface area contributed by atoms with Gasteiger partial charge in [-0.1, -0.05) is 0 Å². The van der Waals surface area contributed by atoms with E-state index >= 15 is 0 Å². The number of amides is 1. The number of rotatable bonds is 4. The van der Waals surface area contributed by atoms with Crippen LogP contribution in [0.2, 0.25) is 0 Å². The van der Waals surface area contributed by atoms with Gasteiger partial charge in [-0.15, -0.1) is 0 Å². The highest BCUT2D eigenvalue weighted by atomic mass is 16.4. The van der Waals surface area contributed by atoms with Crippen LogP contribution in [0.3, 0.4) is 0 Å². The molecule has 1 saturated heterocycles. The molecule has 6 heteroatoms. The van der Waals surface area contributed by atoms with Crippen molar-refractivity contribution in [2.45, 2.75) is 25.0 Å². The Labute approximate surface area is 97.4 Å². The zero-order chi connectivity index (χ0) is 12.4. The van der Waals surface area contributed by atoms with Crippen LogP contribution in [0, 0.1) is 0 Å². The maximum Gasteiger partial charge on any atom is 0.326 e. The van der Waals surface area contributed by atoms with Crippen molar-refractivity contribution < 1.29 is 24.2 Å². The molecule has 0 radical (unpaired) electrons. The first-order valence-corrected chi connectivity index (χ1v) is 5.30. The molecule has 6 nitrogen and oxygen atoms in total. The summed E-state index contributed by atoms with van der Waals surface area (Å²) in [5.41, 5.74) is 0. The Hall–Kier alpha value is -1.82. The summed E-state index contributed by atoms with van der Waals surface area (Å²) in [5, 5.41) is 18.5. The second-order valence-corrected chi connectivity index (χ2v) is 4.04. The molecule has 2 rings (SSSR count). The summed E-state index contributed by atoms with van der Waals surface area (Å²) in [6, 6.07) is 2.34. The number of likely N-dealkylation sites (tertiary alicyclic amines) is 1. The van der Waals surface area contributed by atoms with Crippen LogP contribution in [0.15, 0.2) is 22.8 Å². The van der Waals surface area contributed by atoms with Crippen molar-refractivity contribution in [3.8, 4) is 0 Å². The Bertz CT molecular complexity index is 414. The fourth-order valence-corrected chi connectivity index (χ4v) is 1.96. The number of furan rings is 1. The molecule has 1 amide bonds. The highest BCUT2D eigenvalue weighted by molar-refractivity contribution is 5.85.